The van der Waals surface area contributed by atoms with E-state index in [0.717, 1.165) is 5.52 Å². The molecule has 2 N–H and O–H groups in total. The van der Waals surface area contributed by atoms with Crippen molar-refractivity contribution in [3.63, 3.8) is 0 Å². The SMILES string of the molecule is CC(C)C(CN)c1cccn2nncc12. The van der Waals surface area contributed by atoms with Gasteiger partial charge in [0.05, 0.1) is 11.7 Å². The molecule has 80 valence electrons. The smallest absolute Gasteiger partial charge is 0.0900 e. The maximum atomic E-state index is 5.82. The van der Waals surface area contributed by atoms with Crippen LogP contribution in [0.3, 0.4) is 0 Å². The van der Waals surface area contributed by atoms with Gasteiger partial charge >= 0.3 is 0 Å². The summed E-state index contributed by atoms with van der Waals surface area (Å²) >= 11 is 0. The molecule has 0 spiro atoms. The van der Waals surface area contributed by atoms with Crippen molar-refractivity contribution in [1.82, 2.24) is 14.8 Å². The predicted molar refractivity (Wildman–Crippen MR) is 59.6 cm³/mol. The summed E-state index contributed by atoms with van der Waals surface area (Å²) in [6.45, 7) is 5.03. The van der Waals surface area contributed by atoms with E-state index in [-0.39, 0.29) is 0 Å². The van der Waals surface area contributed by atoms with Gasteiger partial charge in [0.15, 0.2) is 0 Å². The van der Waals surface area contributed by atoms with Crippen molar-refractivity contribution in [2.45, 2.75) is 19.8 Å². The Balaban J connectivity index is 2.54. The molecule has 2 aromatic rings. The highest BCUT2D eigenvalue weighted by molar-refractivity contribution is 5.53. The van der Waals surface area contributed by atoms with E-state index in [9.17, 15) is 0 Å². The topological polar surface area (TPSA) is 56.2 Å². The molecule has 2 rings (SSSR count). The van der Waals surface area contributed by atoms with Crippen LogP contribution < -0.4 is 5.73 Å². The first-order valence-corrected chi connectivity index (χ1v) is 5.23. The van der Waals surface area contributed by atoms with E-state index < -0.39 is 0 Å². The molecule has 0 saturated carbocycles. The maximum absolute atomic E-state index is 5.82. The van der Waals surface area contributed by atoms with Gasteiger partial charge in [0, 0.05) is 12.1 Å². The highest BCUT2D eigenvalue weighted by Gasteiger charge is 2.17. The third-order valence-electron chi connectivity index (χ3n) is 2.83. The van der Waals surface area contributed by atoms with Crippen LogP contribution in [0.15, 0.2) is 24.5 Å². The van der Waals surface area contributed by atoms with Gasteiger partial charge in [-0.2, -0.15) is 0 Å². The molecule has 0 fully saturated rings. The van der Waals surface area contributed by atoms with E-state index in [1.165, 1.54) is 5.56 Å². The number of hydrogen-bond acceptors (Lipinski definition) is 3. The largest absolute Gasteiger partial charge is 0.330 e. The number of aromatic nitrogens is 3. The molecule has 0 aliphatic rings. The Morgan fingerprint density at radius 3 is 2.93 bits per heavy atom. The Labute approximate surface area is 89.1 Å². The summed E-state index contributed by atoms with van der Waals surface area (Å²) in [6, 6.07) is 4.10. The van der Waals surface area contributed by atoms with Gasteiger partial charge in [-0.05, 0) is 24.1 Å². The van der Waals surface area contributed by atoms with Crippen molar-refractivity contribution in [2.24, 2.45) is 11.7 Å². The zero-order valence-corrected chi connectivity index (χ0v) is 9.09. The molecule has 2 aromatic heterocycles. The van der Waals surface area contributed by atoms with E-state index in [4.69, 9.17) is 5.73 Å². The lowest BCUT2D eigenvalue weighted by atomic mass is 9.88. The Hall–Kier alpha value is -1.42. The average Bonchev–Trinajstić information content (AvgIpc) is 2.66. The molecule has 4 heteroatoms. The average molecular weight is 204 g/mol. The quantitative estimate of drug-likeness (QED) is 0.822. The van der Waals surface area contributed by atoms with E-state index in [0.29, 0.717) is 18.4 Å². The Morgan fingerprint density at radius 2 is 2.27 bits per heavy atom. The molecule has 0 amide bonds. The molecule has 15 heavy (non-hydrogen) atoms. The first kappa shape index (κ1) is 10.1. The minimum absolute atomic E-state index is 0.368. The van der Waals surface area contributed by atoms with Crippen LogP contribution in [0.2, 0.25) is 0 Å². The van der Waals surface area contributed by atoms with Gasteiger partial charge in [-0.1, -0.05) is 25.1 Å². The molecular weight excluding hydrogens is 188 g/mol. The second-order valence-electron chi connectivity index (χ2n) is 4.11. The molecule has 2 heterocycles. The van der Waals surface area contributed by atoms with Crippen LogP contribution in [0, 0.1) is 5.92 Å². The van der Waals surface area contributed by atoms with Crippen molar-refractivity contribution >= 4 is 5.52 Å². The van der Waals surface area contributed by atoms with Crippen molar-refractivity contribution in [3.8, 4) is 0 Å². The van der Waals surface area contributed by atoms with Crippen molar-refractivity contribution in [3.05, 3.63) is 30.1 Å². The summed E-state index contributed by atoms with van der Waals surface area (Å²) in [6.07, 6.45) is 3.69. The van der Waals surface area contributed by atoms with Gasteiger partial charge < -0.3 is 5.73 Å². The lowest BCUT2D eigenvalue weighted by molar-refractivity contribution is 0.507. The van der Waals surface area contributed by atoms with Gasteiger partial charge in [0.1, 0.15) is 0 Å². The second kappa shape index (κ2) is 3.98. The first-order chi connectivity index (χ1) is 7.24. The van der Waals surface area contributed by atoms with Gasteiger partial charge in [0.25, 0.3) is 0 Å². The fourth-order valence-electron chi connectivity index (χ4n) is 1.95. The number of nitrogens with zero attached hydrogens (tertiary/aromatic N) is 3. The molecule has 0 saturated heterocycles. The monoisotopic (exact) mass is 204 g/mol. The lowest BCUT2D eigenvalue weighted by Gasteiger charge is -2.19. The summed E-state index contributed by atoms with van der Waals surface area (Å²) in [4.78, 5) is 0. The van der Waals surface area contributed by atoms with Crippen LogP contribution in [-0.2, 0) is 0 Å². The highest BCUT2D eigenvalue weighted by atomic mass is 15.4. The van der Waals surface area contributed by atoms with E-state index in [1.807, 2.05) is 12.3 Å². The van der Waals surface area contributed by atoms with Crippen LogP contribution in [-0.4, -0.2) is 21.4 Å². The molecule has 0 radical (unpaired) electrons. The summed E-state index contributed by atoms with van der Waals surface area (Å²) in [7, 11) is 0. The number of fused-ring (bicyclic) bond motifs is 1. The maximum Gasteiger partial charge on any atom is 0.0900 e. The van der Waals surface area contributed by atoms with Crippen LogP contribution in [0.25, 0.3) is 5.52 Å². The molecular formula is C11H16N4. The summed E-state index contributed by atoms with van der Waals surface area (Å²) in [5, 5.41) is 7.89. The van der Waals surface area contributed by atoms with Crippen LogP contribution in [0.4, 0.5) is 0 Å². The second-order valence-corrected chi connectivity index (χ2v) is 4.11. The summed E-state index contributed by atoms with van der Waals surface area (Å²) in [5.74, 6) is 0.892. The van der Waals surface area contributed by atoms with E-state index >= 15 is 0 Å². The van der Waals surface area contributed by atoms with Crippen LogP contribution in [0.1, 0.15) is 25.3 Å². The van der Waals surface area contributed by atoms with Gasteiger partial charge in [-0.25, -0.2) is 4.52 Å². The third kappa shape index (κ3) is 1.72. The number of hydrogen-bond donors (Lipinski definition) is 1. The predicted octanol–water partition coefficient (Wildman–Crippen LogP) is 1.43. The standard InChI is InChI=1S/C11H16N4/c1-8(2)10(6-12)9-4-3-5-15-11(9)7-13-14-15/h3-5,7-8,10H,6,12H2,1-2H3. The van der Waals surface area contributed by atoms with Crippen LogP contribution >= 0.6 is 0 Å². The van der Waals surface area contributed by atoms with Crippen molar-refractivity contribution in [2.75, 3.05) is 6.54 Å². The summed E-state index contributed by atoms with van der Waals surface area (Å²) in [5.41, 5.74) is 8.11. The van der Waals surface area contributed by atoms with Gasteiger partial charge in [-0.3, -0.25) is 0 Å². The van der Waals surface area contributed by atoms with E-state index in [2.05, 4.69) is 30.2 Å². The minimum Gasteiger partial charge on any atom is -0.330 e. The zero-order valence-electron chi connectivity index (χ0n) is 9.09. The zero-order chi connectivity index (χ0) is 10.8. The molecule has 0 aliphatic carbocycles. The molecule has 4 nitrogen and oxygen atoms in total. The van der Waals surface area contributed by atoms with Crippen molar-refractivity contribution in [1.29, 1.82) is 0 Å². The molecule has 0 aliphatic heterocycles. The fourth-order valence-corrected chi connectivity index (χ4v) is 1.95. The normalized spacial score (nSPS) is 13.6. The fraction of sp³-hybridized carbons (Fsp3) is 0.455. The minimum atomic E-state index is 0.368. The Morgan fingerprint density at radius 1 is 1.47 bits per heavy atom. The van der Waals surface area contributed by atoms with Gasteiger partial charge in [0.2, 0.25) is 0 Å². The van der Waals surface area contributed by atoms with Crippen LogP contribution in [0.5, 0.6) is 0 Å². The third-order valence-corrected chi connectivity index (χ3v) is 2.83. The molecule has 1 unspecified atom stereocenters. The summed E-state index contributed by atoms with van der Waals surface area (Å²) < 4.78 is 1.79. The molecule has 1 atom stereocenters. The lowest BCUT2D eigenvalue weighted by Crippen LogP contribution is -2.18. The number of nitrogens with two attached hydrogens (primary N) is 1. The van der Waals surface area contributed by atoms with Gasteiger partial charge in [-0.15, -0.1) is 5.10 Å². The Kier molecular flexibility index (Phi) is 2.68. The number of rotatable bonds is 3. The molecule has 0 bridgehead atoms. The van der Waals surface area contributed by atoms with Crippen molar-refractivity contribution < 1.29 is 0 Å². The Bertz CT molecular complexity index is 447. The first-order valence-electron chi connectivity index (χ1n) is 5.23. The van der Waals surface area contributed by atoms with E-state index in [1.54, 1.807) is 10.7 Å². The number of pyridine rings is 1. The molecule has 0 aromatic carbocycles. The highest BCUT2D eigenvalue weighted by Crippen LogP contribution is 2.26.